The van der Waals surface area contributed by atoms with Crippen molar-refractivity contribution in [1.29, 1.82) is 5.26 Å². The average Bonchev–Trinajstić information content (AvgIpc) is 3.45. The van der Waals surface area contributed by atoms with Crippen LogP contribution < -0.4 is 0 Å². The summed E-state index contributed by atoms with van der Waals surface area (Å²) in [5.74, 6) is -0.269. The molecule has 0 spiro atoms. The third-order valence-corrected chi connectivity index (χ3v) is 5.83. The van der Waals surface area contributed by atoms with Crippen LogP contribution in [0.1, 0.15) is 52.9 Å². The van der Waals surface area contributed by atoms with Crippen molar-refractivity contribution >= 4 is 17.0 Å². The van der Waals surface area contributed by atoms with Crippen LogP contribution in [0.2, 0.25) is 0 Å². The zero-order valence-corrected chi connectivity index (χ0v) is 17.6. The van der Waals surface area contributed by atoms with Gasteiger partial charge in [0, 0.05) is 28.9 Å². The Kier molecular flexibility index (Phi) is 5.06. The lowest BCUT2D eigenvalue weighted by atomic mass is 9.94. The number of hydrogen-bond donors (Lipinski definition) is 0. The Morgan fingerprint density at radius 1 is 1.30 bits per heavy atom. The van der Waals surface area contributed by atoms with E-state index in [1.54, 1.807) is 10.8 Å². The normalized spacial score (nSPS) is 15.9. The minimum atomic E-state index is -0.562. The van der Waals surface area contributed by atoms with Gasteiger partial charge in [-0.25, -0.2) is 0 Å². The van der Waals surface area contributed by atoms with Gasteiger partial charge in [-0.15, -0.1) is 5.10 Å². The van der Waals surface area contributed by atoms with Crippen LogP contribution in [0.15, 0.2) is 30.9 Å². The van der Waals surface area contributed by atoms with Gasteiger partial charge in [0.1, 0.15) is 0 Å². The standard InChI is InChI=1S/C22H26N6O2/c1-21(2,3)20(29)30-15-27-11-6-17-18(13-24-26-19(17)27)16-12-25-28(14-16)22(9-10-23)7-4-5-8-22/h6,11-14H,4-5,7-9,15H2,1-3H3. The molecule has 4 rings (SSSR count). The Morgan fingerprint density at radius 2 is 2.07 bits per heavy atom. The Bertz CT molecular complexity index is 1110. The van der Waals surface area contributed by atoms with Gasteiger partial charge in [0.15, 0.2) is 12.4 Å². The number of carbonyl (C=O) groups is 1. The minimum Gasteiger partial charge on any atom is -0.443 e. The largest absolute Gasteiger partial charge is 0.443 e. The average molecular weight is 406 g/mol. The molecule has 0 amide bonds. The maximum atomic E-state index is 12.1. The molecule has 1 saturated carbocycles. The number of nitrogens with zero attached hydrogens (tertiary/aromatic N) is 6. The number of carbonyl (C=O) groups excluding carboxylic acids is 1. The monoisotopic (exact) mass is 406 g/mol. The molecule has 1 aliphatic carbocycles. The Balaban J connectivity index is 1.63. The lowest BCUT2D eigenvalue weighted by molar-refractivity contribution is -0.156. The first kappa shape index (κ1) is 20.1. The van der Waals surface area contributed by atoms with Crippen LogP contribution in [0.3, 0.4) is 0 Å². The third kappa shape index (κ3) is 3.56. The summed E-state index contributed by atoms with van der Waals surface area (Å²) in [6, 6.07) is 4.28. The van der Waals surface area contributed by atoms with Crippen molar-refractivity contribution < 1.29 is 9.53 Å². The van der Waals surface area contributed by atoms with Crippen molar-refractivity contribution in [1.82, 2.24) is 24.5 Å². The van der Waals surface area contributed by atoms with Crippen molar-refractivity contribution in [3.63, 3.8) is 0 Å². The summed E-state index contributed by atoms with van der Waals surface area (Å²) in [5.41, 5.74) is 1.73. The zero-order chi connectivity index (χ0) is 21.4. The number of rotatable bonds is 5. The van der Waals surface area contributed by atoms with Crippen LogP contribution in [-0.4, -0.2) is 30.5 Å². The third-order valence-electron chi connectivity index (χ3n) is 5.83. The highest BCUT2D eigenvalue weighted by molar-refractivity contribution is 5.92. The van der Waals surface area contributed by atoms with E-state index in [1.165, 1.54) is 0 Å². The molecule has 3 aromatic heterocycles. The highest BCUT2D eigenvalue weighted by atomic mass is 16.5. The molecular weight excluding hydrogens is 380 g/mol. The number of esters is 1. The van der Waals surface area contributed by atoms with Crippen LogP contribution in [-0.2, 0) is 21.8 Å². The van der Waals surface area contributed by atoms with Gasteiger partial charge < -0.3 is 4.74 Å². The molecule has 8 nitrogen and oxygen atoms in total. The van der Waals surface area contributed by atoms with Crippen molar-refractivity contribution in [3.05, 3.63) is 30.9 Å². The predicted molar refractivity (Wildman–Crippen MR) is 111 cm³/mol. The van der Waals surface area contributed by atoms with E-state index in [1.807, 2.05) is 50.1 Å². The second-order valence-electron chi connectivity index (χ2n) is 9.03. The molecule has 1 fully saturated rings. The van der Waals surface area contributed by atoms with Crippen LogP contribution in [0.5, 0.6) is 0 Å². The maximum Gasteiger partial charge on any atom is 0.312 e. The molecule has 0 atom stereocenters. The molecule has 8 heteroatoms. The molecule has 0 aromatic carbocycles. The fourth-order valence-corrected chi connectivity index (χ4v) is 4.06. The number of aromatic nitrogens is 5. The number of fused-ring (bicyclic) bond motifs is 1. The number of nitriles is 1. The lowest BCUT2D eigenvalue weighted by Gasteiger charge is -2.26. The second-order valence-corrected chi connectivity index (χ2v) is 9.03. The first-order chi connectivity index (χ1) is 14.3. The van der Waals surface area contributed by atoms with Crippen molar-refractivity contribution in [3.8, 4) is 17.2 Å². The molecule has 0 radical (unpaired) electrons. The van der Waals surface area contributed by atoms with Crippen molar-refractivity contribution in [2.75, 3.05) is 0 Å². The molecule has 0 N–H and O–H groups in total. The Morgan fingerprint density at radius 3 is 2.77 bits per heavy atom. The number of hydrogen-bond acceptors (Lipinski definition) is 6. The highest BCUT2D eigenvalue weighted by Gasteiger charge is 2.36. The van der Waals surface area contributed by atoms with E-state index in [0.717, 1.165) is 42.2 Å². The first-order valence-electron chi connectivity index (χ1n) is 10.2. The second kappa shape index (κ2) is 7.56. The molecule has 3 aromatic rings. The summed E-state index contributed by atoms with van der Waals surface area (Å²) < 4.78 is 9.16. The topological polar surface area (TPSA) is 98.6 Å². The summed E-state index contributed by atoms with van der Waals surface area (Å²) in [6.45, 7) is 5.55. The molecule has 3 heterocycles. The Hall–Kier alpha value is -3.21. The van der Waals surface area contributed by atoms with E-state index in [0.29, 0.717) is 12.1 Å². The van der Waals surface area contributed by atoms with Crippen LogP contribution in [0.4, 0.5) is 0 Å². The van der Waals surface area contributed by atoms with E-state index < -0.39 is 5.41 Å². The van der Waals surface area contributed by atoms with Crippen LogP contribution >= 0.6 is 0 Å². The van der Waals surface area contributed by atoms with Gasteiger partial charge in [-0.3, -0.25) is 14.0 Å². The molecule has 0 bridgehead atoms. The molecule has 30 heavy (non-hydrogen) atoms. The summed E-state index contributed by atoms with van der Waals surface area (Å²) in [5, 5.41) is 23.2. The van der Waals surface area contributed by atoms with Gasteiger partial charge >= 0.3 is 5.97 Å². The van der Waals surface area contributed by atoms with E-state index in [-0.39, 0.29) is 18.2 Å². The fourth-order valence-electron chi connectivity index (χ4n) is 4.06. The van der Waals surface area contributed by atoms with Gasteiger partial charge in [-0.05, 0) is 39.7 Å². The van der Waals surface area contributed by atoms with E-state index in [9.17, 15) is 10.1 Å². The van der Waals surface area contributed by atoms with E-state index in [4.69, 9.17) is 4.74 Å². The SMILES string of the molecule is CC(C)(C)C(=O)OCn1ccc2c(-c3cnn(C4(CC#N)CCCC4)c3)cnnc21. The molecule has 0 unspecified atom stereocenters. The van der Waals surface area contributed by atoms with Crippen LogP contribution in [0.25, 0.3) is 22.2 Å². The first-order valence-corrected chi connectivity index (χ1v) is 10.2. The van der Waals surface area contributed by atoms with Gasteiger partial charge in [0.2, 0.25) is 0 Å². The molecular formula is C22H26N6O2. The fraction of sp³-hybridized carbons (Fsp3) is 0.500. The molecule has 0 saturated heterocycles. The van der Waals surface area contributed by atoms with E-state index >= 15 is 0 Å². The highest BCUT2D eigenvalue weighted by Crippen LogP contribution is 2.40. The van der Waals surface area contributed by atoms with E-state index in [2.05, 4.69) is 21.4 Å². The quantitative estimate of drug-likeness (QED) is 0.593. The van der Waals surface area contributed by atoms with Gasteiger partial charge in [-0.2, -0.15) is 15.5 Å². The predicted octanol–water partition coefficient (Wildman–Crippen LogP) is 4.02. The smallest absolute Gasteiger partial charge is 0.312 e. The minimum absolute atomic E-state index is 0.0856. The van der Waals surface area contributed by atoms with Gasteiger partial charge in [0.05, 0.1) is 35.8 Å². The summed E-state index contributed by atoms with van der Waals surface area (Å²) in [7, 11) is 0. The molecule has 156 valence electrons. The summed E-state index contributed by atoms with van der Waals surface area (Å²) >= 11 is 0. The van der Waals surface area contributed by atoms with Gasteiger partial charge in [-0.1, -0.05) is 12.8 Å². The van der Waals surface area contributed by atoms with Crippen LogP contribution in [0, 0.1) is 16.7 Å². The summed E-state index contributed by atoms with van der Waals surface area (Å²) in [6.07, 6.45) is 12.1. The maximum absolute atomic E-state index is 12.1. The van der Waals surface area contributed by atoms with Crippen molar-refractivity contribution in [2.24, 2.45) is 5.41 Å². The zero-order valence-electron chi connectivity index (χ0n) is 17.6. The molecule has 0 aliphatic heterocycles. The Labute approximate surface area is 175 Å². The summed E-state index contributed by atoms with van der Waals surface area (Å²) in [4.78, 5) is 12.1. The number of ether oxygens (including phenoxy) is 1. The lowest BCUT2D eigenvalue weighted by Crippen LogP contribution is -2.30. The van der Waals surface area contributed by atoms with Crippen molar-refractivity contribution in [2.45, 2.75) is 65.1 Å². The molecule has 1 aliphatic rings. The van der Waals surface area contributed by atoms with Gasteiger partial charge in [0.25, 0.3) is 0 Å².